The van der Waals surface area contributed by atoms with Crippen molar-refractivity contribution in [2.24, 2.45) is 10.1 Å². The van der Waals surface area contributed by atoms with E-state index < -0.39 is 48.7 Å². The van der Waals surface area contributed by atoms with Crippen molar-refractivity contribution < 1.29 is 32.6 Å². The zero-order valence-corrected chi connectivity index (χ0v) is 19.6. The molecule has 14 nitrogen and oxygen atoms in total. The summed E-state index contributed by atoms with van der Waals surface area (Å²) in [6.45, 7) is 1.80. The minimum Gasteiger partial charge on any atom is -0.466 e. The van der Waals surface area contributed by atoms with Crippen molar-refractivity contribution in [3.63, 3.8) is 0 Å². The van der Waals surface area contributed by atoms with Gasteiger partial charge in [0, 0.05) is 18.7 Å². The monoisotopic (exact) mass is 523 g/mol. The molecule has 0 spiro atoms. The number of benzene rings is 2. The Hall–Kier alpha value is -4.02. The van der Waals surface area contributed by atoms with Crippen molar-refractivity contribution in [2.75, 3.05) is 6.61 Å². The maximum Gasteiger partial charge on any atom is 0.307 e. The van der Waals surface area contributed by atoms with E-state index in [1.807, 2.05) is 0 Å². The molecule has 0 saturated heterocycles. The van der Waals surface area contributed by atoms with E-state index in [1.165, 1.54) is 22.8 Å². The Morgan fingerprint density at radius 1 is 1.11 bits per heavy atom. The molecule has 0 radical (unpaired) electrons. The van der Waals surface area contributed by atoms with Gasteiger partial charge < -0.3 is 9.30 Å². The highest BCUT2D eigenvalue weighted by Gasteiger charge is 2.20. The Balaban J connectivity index is 2.17. The van der Waals surface area contributed by atoms with Gasteiger partial charge in [0.15, 0.2) is 4.80 Å². The number of nitrogens with zero attached hydrogens (tertiary/aromatic N) is 4. The lowest BCUT2D eigenvalue weighted by molar-refractivity contribution is -0.394. The van der Waals surface area contributed by atoms with Crippen molar-refractivity contribution >= 4 is 54.8 Å². The molecule has 35 heavy (non-hydrogen) atoms. The number of hydrogen-bond acceptors (Lipinski definition) is 10. The molecule has 1 amide bonds. The number of non-ortho nitro benzene ring substituents is 2. The number of primary sulfonamides is 1. The lowest BCUT2D eigenvalue weighted by Gasteiger charge is -2.06. The summed E-state index contributed by atoms with van der Waals surface area (Å²) in [6, 6.07) is 6.38. The maximum atomic E-state index is 12.8. The summed E-state index contributed by atoms with van der Waals surface area (Å²) in [5.74, 6) is -1.54. The fourth-order valence-corrected chi connectivity index (χ4v) is 4.76. The second kappa shape index (κ2) is 10.1. The number of nitro groups is 2. The van der Waals surface area contributed by atoms with Crippen LogP contribution in [0, 0.1) is 20.2 Å². The zero-order valence-electron chi connectivity index (χ0n) is 17.9. The van der Waals surface area contributed by atoms with Crippen molar-refractivity contribution in [3.05, 3.63) is 67.0 Å². The van der Waals surface area contributed by atoms with Crippen LogP contribution in [0.3, 0.4) is 0 Å². The summed E-state index contributed by atoms with van der Waals surface area (Å²) in [6.07, 6.45) is -0.0970. The van der Waals surface area contributed by atoms with Crippen LogP contribution in [-0.2, 0) is 26.1 Å². The van der Waals surface area contributed by atoms with E-state index in [1.54, 1.807) is 6.92 Å². The molecular formula is C19H17N5O9S2. The quantitative estimate of drug-likeness (QED) is 0.259. The van der Waals surface area contributed by atoms with Gasteiger partial charge in [-0.3, -0.25) is 29.8 Å². The van der Waals surface area contributed by atoms with Crippen LogP contribution in [0.15, 0.2) is 46.3 Å². The van der Waals surface area contributed by atoms with Gasteiger partial charge in [0.05, 0.1) is 49.6 Å². The lowest BCUT2D eigenvalue weighted by Crippen LogP contribution is -2.19. The minimum absolute atomic E-state index is 0.00868. The Bertz CT molecular complexity index is 1510. The van der Waals surface area contributed by atoms with Gasteiger partial charge in [-0.1, -0.05) is 11.3 Å². The Labute approximate surface area is 200 Å². The van der Waals surface area contributed by atoms with Crippen molar-refractivity contribution in [1.82, 2.24) is 4.57 Å². The molecule has 0 aliphatic heterocycles. The molecule has 3 aromatic rings. The first-order valence-corrected chi connectivity index (χ1v) is 12.1. The maximum absolute atomic E-state index is 12.8. The van der Waals surface area contributed by atoms with E-state index in [0.29, 0.717) is 16.3 Å². The van der Waals surface area contributed by atoms with Crippen LogP contribution in [-0.4, -0.2) is 41.3 Å². The number of rotatable bonds is 8. The molecule has 2 aromatic carbocycles. The Morgan fingerprint density at radius 2 is 1.74 bits per heavy atom. The molecule has 0 aliphatic rings. The van der Waals surface area contributed by atoms with Crippen molar-refractivity contribution in [3.8, 4) is 0 Å². The number of ether oxygens (including phenoxy) is 1. The second-order valence-corrected chi connectivity index (χ2v) is 9.51. The third-order valence-corrected chi connectivity index (χ3v) is 6.55. The van der Waals surface area contributed by atoms with Gasteiger partial charge in [-0.05, 0) is 25.1 Å². The van der Waals surface area contributed by atoms with Crippen LogP contribution in [0.5, 0.6) is 0 Å². The molecule has 0 unspecified atom stereocenters. The first-order chi connectivity index (χ1) is 16.4. The first kappa shape index (κ1) is 25.6. The molecule has 0 saturated carbocycles. The van der Waals surface area contributed by atoms with Crippen molar-refractivity contribution in [2.45, 2.75) is 24.8 Å². The van der Waals surface area contributed by atoms with Gasteiger partial charge in [-0.2, -0.15) is 4.99 Å². The summed E-state index contributed by atoms with van der Waals surface area (Å²) >= 11 is 0.899. The third-order valence-electron chi connectivity index (χ3n) is 4.60. The van der Waals surface area contributed by atoms with E-state index in [-0.39, 0.29) is 29.3 Å². The zero-order chi connectivity index (χ0) is 25.9. The minimum atomic E-state index is -4.02. The number of carbonyl (C=O) groups excluding carboxylic acids is 2. The number of hydrogen-bond donors (Lipinski definition) is 1. The van der Waals surface area contributed by atoms with Crippen molar-refractivity contribution in [1.29, 1.82) is 0 Å². The van der Waals surface area contributed by atoms with Crippen LogP contribution in [0.1, 0.15) is 23.7 Å². The summed E-state index contributed by atoms with van der Waals surface area (Å²) in [7, 11) is -4.02. The largest absolute Gasteiger partial charge is 0.466 e. The molecule has 3 rings (SSSR count). The highest BCUT2D eigenvalue weighted by atomic mass is 32.2. The summed E-state index contributed by atoms with van der Waals surface area (Å²) < 4.78 is 30.2. The fraction of sp³-hybridized carbons (Fsp3) is 0.211. The average molecular weight is 524 g/mol. The van der Waals surface area contributed by atoms with E-state index >= 15 is 0 Å². The van der Waals surface area contributed by atoms with Crippen LogP contribution in [0.4, 0.5) is 11.4 Å². The summed E-state index contributed by atoms with van der Waals surface area (Å²) in [5.41, 5.74) is -1.29. The molecular weight excluding hydrogens is 506 g/mol. The van der Waals surface area contributed by atoms with Gasteiger partial charge >= 0.3 is 5.97 Å². The fourth-order valence-electron chi connectivity index (χ4n) is 3.05. The average Bonchev–Trinajstić information content (AvgIpc) is 3.12. The van der Waals surface area contributed by atoms with Gasteiger partial charge in [0.1, 0.15) is 0 Å². The summed E-state index contributed by atoms with van der Waals surface area (Å²) in [4.78, 5) is 49.0. The number of aryl methyl sites for hydroxylation is 1. The Kier molecular flexibility index (Phi) is 7.37. The number of carbonyl (C=O) groups is 2. The number of amides is 1. The predicted octanol–water partition coefficient (Wildman–Crippen LogP) is 1.86. The van der Waals surface area contributed by atoms with Crippen LogP contribution < -0.4 is 9.94 Å². The van der Waals surface area contributed by atoms with E-state index in [0.717, 1.165) is 23.5 Å². The molecule has 1 aromatic heterocycles. The standard InChI is InChI=1S/C19H17N5O9S2/c1-2-33-17(25)5-6-22-15-4-3-14(35(20,31)32)10-16(15)34-19(22)21-18(26)11-7-12(23(27)28)9-13(8-11)24(29)30/h3-4,7-10H,2,5-6H2,1H3,(H2,20,31,32). The number of sulfonamides is 1. The normalized spacial score (nSPS) is 12.0. The molecule has 2 N–H and O–H groups in total. The van der Waals surface area contributed by atoms with Crippen LogP contribution in [0.25, 0.3) is 10.2 Å². The number of nitrogens with two attached hydrogens (primary N) is 1. The third kappa shape index (κ3) is 5.92. The highest BCUT2D eigenvalue weighted by Crippen LogP contribution is 2.24. The first-order valence-electron chi connectivity index (χ1n) is 9.75. The van der Waals surface area contributed by atoms with Gasteiger partial charge in [-0.25, -0.2) is 13.6 Å². The topological polar surface area (TPSA) is 207 Å². The number of thiazole rings is 1. The lowest BCUT2D eigenvalue weighted by atomic mass is 10.1. The van der Waals surface area contributed by atoms with E-state index in [2.05, 4.69) is 4.99 Å². The highest BCUT2D eigenvalue weighted by molar-refractivity contribution is 7.89. The molecule has 0 bridgehead atoms. The number of aromatic nitrogens is 1. The molecule has 0 atom stereocenters. The van der Waals surface area contributed by atoms with Gasteiger partial charge in [-0.15, -0.1) is 0 Å². The summed E-state index contributed by atoms with van der Waals surface area (Å²) in [5, 5.41) is 27.4. The van der Waals surface area contributed by atoms with Crippen LogP contribution >= 0.6 is 11.3 Å². The number of fused-ring (bicyclic) bond motifs is 1. The second-order valence-electron chi connectivity index (χ2n) is 6.94. The van der Waals surface area contributed by atoms with Gasteiger partial charge in [0.2, 0.25) is 10.0 Å². The van der Waals surface area contributed by atoms with Gasteiger partial charge in [0.25, 0.3) is 17.3 Å². The molecule has 16 heteroatoms. The molecule has 0 fully saturated rings. The SMILES string of the molecule is CCOC(=O)CCn1c(=NC(=O)c2cc([N+](=O)[O-])cc([N+](=O)[O-])c2)sc2cc(S(N)(=O)=O)ccc21. The Morgan fingerprint density at radius 3 is 2.29 bits per heavy atom. The number of esters is 1. The molecule has 0 aliphatic carbocycles. The number of nitro benzene ring substituents is 2. The molecule has 1 heterocycles. The molecule has 184 valence electrons. The predicted molar refractivity (Wildman–Crippen MR) is 122 cm³/mol. The van der Waals surface area contributed by atoms with E-state index in [4.69, 9.17) is 9.88 Å². The smallest absolute Gasteiger partial charge is 0.307 e. The van der Waals surface area contributed by atoms with Crippen LogP contribution in [0.2, 0.25) is 0 Å². The van der Waals surface area contributed by atoms with E-state index in [9.17, 15) is 38.2 Å².